The van der Waals surface area contributed by atoms with Crippen molar-refractivity contribution in [3.63, 3.8) is 0 Å². The Morgan fingerprint density at radius 2 is 2.15 bits per heavy atom. The van der Waals surface area contributed by atoms with Crippen LogP contribution < -0.4 is 10.5 Å². The number of benzene rings is 1. The average Bonchev–Trinajstić information content (AvgIpc) is 3.12. The third-order valence-electron chi connectivity index (χ3n) is 3.93. The first-order valence-electron chi connectivity index (χ1n) is 6.98. The summed E-state index contributed by atoms with van der Waals surface area (Å²) in [7, 11) is 1.61. The van der Waals surface area contributed by atoms with E-state index < -0.39 is 0 Å². The van der Waals surface area contributed by atoms with E-state index in [2.05, 4.69) is 15.5 Å². The maximum absolute atomic E-state index is 5.84. The molecule has 0 saturated heterocycles. The second-order valence-corrected chi connectivity index (χ2v) is 5.29. The molecule has 0 bridgehead atoms. The molecule has 6 heteroatoms. The van der Waals surface area contributed by atoms with Crippen LogP contribution in [0.25, 0.3) is 11.4 Å². The maximum Gasteiger partial charge on any atom is 0.182 e. The highest BCUT2D eigenvalue weighted by atomic mass is 16.5. The third-order valence-corrected chi connectivity index (χ3v) is 3.93. The highest BCUT2D eigenvalue weighted by Crippen LogP contribution is 2.30. The summed E-state index contributed by atoms with van der Waals surface area (Å²) in [6, 6.07) is 5.63. The number of methoxy groups -OCH3 is 1. The number of rotatable bonds is 4. The van der Waals surface area contributed by atoms with Crippen LogP contribution in [-0.2, 0) is 6.54 Å². The Balaban J connectivity index is 1.88. The molecular formula is C14H19N5O. The topological polar surface area (TPSA) is 78.9 Å². The van der Waals surface area contributed by atoms with Gasteiger partial charge in [0.1, 0.15) is 5.75 Å². The Morgan fingerprint density at radius 3 is 2.90 bits per heavy atom. The summed E-state index contributed by atoms with van der Waals surface area (Å²) < 4.78 is 7.14. The molecule has 1 aliphatic carbocycles. The van der Waals surface area contributed by atoms with Crippen molar-refractivity contribution in [2.75, 3.05) is 12.8 Å². The molecule has 2 N–H and O–H groups in total. The molecule has 0 atom stereocenters. The quantitative estimate of drug-likeness (QED) is 0.863. The van der Waals surface area contributed by atoms with Gasteiger partial charge in [-0.3, -0.25) is 0 Å². The van der Waals surface area contributed by atoms with Crippen LogP contribution in [0.4, 0.5) is 5.69 Å². The molecule has 0 amide bonds. The lowest BCUT2D eigenvalue weighted by atomic mass is 10.1. The average molecular weight is 273 g/mol. The predicted octanol–water partition coefficient (Wildman–Crippen LogP) is 2.12. The molecule has 6 nitrogen and oxygen atoms in total. The van der Waals surface area contributed by atoms with Gasteiger partial charge in [0, 0.05) is 12.1 Å². The van der Waals surface area contributed by atoms with E-state index in [4.69, 9.17) is 10.5 Å². The summed E-state index contributed by atoms with van der Waals surface area (Å²) in [5.74, 6) is 2.11. The molecule has 106 valence electrons. The number of nitrogen functional groups attached to an aromatic ring is 1. The van der Waals surface area contributed by atoms with E-state index in [-0.39, 0.29) is 0 Å². The monoisotopic (exact) mass is 273 g/mol. The zero-order valence-corrected chi connectivity index (χ0v) is 11.6. The summed E-state index contributed by atoms with van der Waals surface area (Å²) in [6.07, 6.45) is 5.17. The van der Waals surface area contributed by atoms with Gasteiger partial charge in [0.15, 0.2) is 5.82 Å². The van der Waals surface area contributed by atoms with Gasteiger partial charge in [-0.25, -0.2) is 4.68 Å². The van der Waals surface area contributed by atoms with Crippen molar-refractivity contribution in [2.24, 2.45) is 5.92 Å². The second-order valence-electron chi connectivity index (χ2n) is 5.29. The molecule has 1 aromatic carbocycles. The van der Waals surface area contributed by atoms with Crippen molar-refractivity contribution in [3.05, 3.63) is 18.2 Å². The number of ether oxygens (including phenoxy) is 1. The molecule has 1 saturated carbocycles. The molecule has 1 aliphatic rings. The predicted molar refractivity (Wildman–Crippen MR) is 76.2 cm³/mol. The van der Waals surface area contributed by atoms with Crippen LogP contribution in [0.15, 0.2) is 18.2 Å². The number of aromatic nitrogens is 4. The van der Waals surface area contributed by atoms with Gasteiger partial charge < -0.3 is 10.5 Å². The number of tetrazole rings is 1. The first-order valence-corrected chi connectivity index (χ1v) is 6.98. The molecule has 0 unspecified atom stereocenters. The van der Waals surface area contributed by atoms with Crippen molar-refractivity contribution in [1.82, 2.24) is 20.2 Å². The molecule has 0 spiro atoms. The summed E-state index contributed by atoms with van der Waals surface area (Å²) in [5, 5.41) is 12.1. The Kier molecular flexibility index (Phi) is 3.54. The van der Waals surface area contributed by atoms with Gasteiger partial charge in [0.05, 0.1) is 12.8 Å². The van der Waals surface area contributed by atoms with E-state index in [1.54, 1.807) is 7.11 Å². The van der Waals surface area contributed by atoms with Crippen LogP contribution in [0.5, 0.6) is 5.75 Å². The molecule has 0 aliphatic heterocycles. The molecule has 1 heterocycles. The van der Waals surface area contributed by atoms with Crippen LogP contribution in [0.1, 0.15) is 25.7 Å². The highest BCUT2D eigenvalue weighted by molar-refractivity contribution is 5.65. The van der Waals surface area contributed by atoms with Crippen LogP contribution in [0.3, 0.4) is 0 Å². The SMILES string of the molecule is COc1cc(-c2nnnn2CC2CCCC2)ccc1N. The van der Waals surface area contributed by atoms with Crippen LogP contribution in [0, 0.1) is 5.92 Å². The number of hydrogen-bond donors (Lipinski definition) is 1. The summed E-state index contributed by atoms with van der Waals surface area (Å²) in [6.45, 7) is 0.884. The lowest BCUT2D eigenvalue weighted by molar-refractivity contribution is 0.416. The fourth-order valence-corrected chi connectivity index (χ4v) is 2.82. The minimum absolute atomic E-state index is 0.617. The van der Waals surface area contributed by atoms with Crippen LogP contribution in [-0.4, -0.2) is 27.3 Å². The molecule has 20 heavy (non-hydrogen) atoms. The van der Waals surface area contributed by atoms with Crippen molar-refractivity contribution in [2.45, 2.75) is 32.2 Å². The molecule has 3 rings (SSSR count). The second kappa shape index (κ2) is 5.48. The Bertz CT molecular complexity index is 589. The van der Waals surface area contributed by atoms with Crippen LogP contribution in [0.2, 0.25) is 0 Å². The molecule has 0 radical (unpaired) electrons. The lowest BCUT2D eigenvalue weighted by Gasteiger charge is -2.11. The molecular weight excluding hydrogens is 254 g/mol. The van der Waals surface area contributed by atoms with E-state index in [9.17, 15) is 0 Å². The van der Waals surface area contributed by atoms with Gasteiger partial charge in [0.25, 0.3) is 0 Å². The van der Waals surface area contributed by atoms with Gasteiger partial charge in [-0.1, -0.05) is 12.8 Å². The Labute approximate surface area is 117 Å². The number of hydrogen-bond acceptors (Lipinski definition) is 5. The number of anilines is 1. The van der Waals surface area contributed by atoms with E-state index in [1.165, 1.54) is 25.7 Å². The largest absolute Gasteiger partial charge is 0.495 e. The number of nitrogens with two attached hydrogens (primary N) is 1. The standard InChI is InChI=1S/C14H19N5O/c1-20-13-8-11(6-7-12(13)15)14-16-17-18-19(14)9-10-4-2-3-5-10/h6-8,10H,2-5,9,15H2,1H3. The molecule has 2 aromatic rings. The first-order chi connectivity index (χ1) is 9.78. The summed E-state index contributed by atoms with van der Waals surface area (Å²) in [5.41, 5.74) is 7.39. The van der Waals surface area contributed by atoms with E-state index in [0.717, 1.165) is 17.9 Å². The maximum atomic E-state index is 5.84. The van der Waals surface area contributed by atoms with Crippen molar-refractivity contribution < 1.29 is 4.74 Å². The Morgan fingerprint density at radius 1 is 1.35 bits per heavy atom. The zero-order chi connectivity index (χ0) is 13.9. The van der Waals surface area contributed by atoms with E-state index in [1.807, 2.05) is 22.9 Å². The van der Waals surface area contributed by atoms with Crippen molar-refractivity contribution >= 4 is 5.69 Å². The minimum atomic E-state index is 0.617. The van der Waals surface area contributed by atoms with Gasteiger partial charge in [-0.15, -0.1) is 5.10 Å². The molecule has 1 fully saturated rings. The van der Waals surface area contributed by atoms with E-state index >= 15 is 0 Å². The third kappa shape index (κ3) is 2.45. The zero-order valence-electron chi connectivity index (χ0n) is 11.6. The summed E-state index contributed by atoms with van der Waals surface area (Å²) in [4.78, 5) is 0. The normalized spacial score (nSPS) is 15.7. The van der Waals surface area contributed by atoms with Crippen LogP contribution >= 0.6 is 0 Å². The Hall–Kier alpha value is -2.11. The highest BCUT2D eigenvalue weighted by Gasteiger charge is 2.19. The van der Waals surface area contributed by atoms with Gasteiger partial charge in [-0.2, -0.15) is 0 Å². The van der Waals surface area contributed by atoms with Gasteiger partial charge in [-0.05, 0) is 47.4 Å². The fourth-order valence-electron chi connectivity index (χ4n) is 2.82. The van der Waals surface area contributed by atoms with Crippen molar-refractivity contribution in [3.8, 4) is 17.1 Å². The smallest absolute Gasteiger partial charge is 0.182 e. The van der Waals surface area contributed by atoms with E-state index in [0.29, 0.717) is 17.4 Å². The first kappa shape index (κ1) is 12.9. The molecule has 1 aromatic heterocycles. The van der Waals surface area contributed by atoms with Crippen molar-refractivity contribution in [1.29, 1.82) is 0 Å². The fraction of sp³-hybridized carbons (Fsp3) is 0.500. The van der Waals surface area contributed by atoms with Gasteiger partial charge in [0.2, 0.25) is 0 Å². The lowest BCUT2D eigenvalue weighted by Crippen LogP contribution is -2.10. The number of nitrogens with zero attached hydrogens (tertiary/aromatic N) is 4. The summed E-state index contributed by atoms with van der Waals surface area (Å²) >= 11 is 0. The van der Waals surface area contributed by atoms with Gasteiger partial charge >= 0.3 is 0 Å². The minimum Gasteiger partial charge on any atom is -0.495 e.